The van der Waals surface area contributed by atoms with Gasteiger partial charge in [-0.25, -0.2) is 4.98 Å². The predicted molar refractivity (Wildman–Crippen MR) is 77.0 cm³/mol. The molecule has 1 rings (SSSR count). The van der Waals surface area contributed by atoms with E-state index in [0.717, 1.165) is 23.8 Å². The maximum Gasteiger partial charge on any atom is 0.225 e. The van der Waals surface area contributed by atoms with E-state index in [2.05, 4.69) is 31.1 Å². The van der Waals surface area contributed by atoms with E-state index in [1.54, 1.807) is 11.8 Å². The van der Waals surface area contributed by atoms with E-state index in [9.17, 15) is 4.79 Å². The highest BCUT2D eigenvalue weighted by Crippen LogP contribution is 2.21. The van der Waals surface area contributed by atoms with Crippen LogP contribution < -0.4 is 10.2 Å². The molecule has 0 aliphatic heterocycles. The SMILES string of the molecule is CCN(C(C)=O)c1nc(CNC(C)(C)CC)cs1. The van der Waals surface area contributed by atoms with Crippen LogP contribution in [0.2, 0.25) is 0 Å². The van der Waals surface area contributed by atoms with Crippen molar-refractivity contribution in [3.05, 3.63) is 11.1 Å². The van der Waals surface area contributed by atoms with Crippen molar-refractivity contribution in [1.29, 1.82) is 0 Å². The molecule has 0 aliphatic carbocycles. The van der Waals surface area contributed by atoms with E-state index in [1.165, 1.54) is 11.3 Å². The van der Waals surface area contributed by atoms with Gasteiger partial charge in [-0.15, -0.1) is 11.3 Å². The van der Waals surface area contributed by atoms with Crippen LogP contribution in [0, 0.1) is 0 Å². The van der Waals surface area contributed by atoms with Gasteiger partial charge in [0.05, 0.1) is 5.69 Å². The highest BCUT2D eigenvalue weighted by molar-refractivity contribution is 7.14. The second-order valence-electron chi connectivity index (χ2n) is 4.98. The van der Waals surface area contributed by atoms with Crippen LogP contribution in [0.4, 0.5) is 5.13 Å². The lowest BCUT2D eigenvalue weighted by Crippen LogP contribution is -2.37. The minimum atomic E-state index is 0.0419. The smallest absolute Gasteiger partial charge is 0.225 e. The largest absolute Gasteiger partial charge is 0.306 e. The number of hydrogen-bond acceptors (Lipinski definition) is 4. The molecule has 0 aromatic carbocycles. The summed E-state index contributed by atoms with van der Waals surface area (Å²) in [5.41, 5.74) is 1.12. The quantitative estimate of drug-likeness (QED) is 0.863. The summed E-state index contributed by atoms with van der Waals surface area (Å²) < 4.78 is 0. The maximum absolute atomic E-state index is 11.4. The molecule has 0 unspecified atom stereocenters. The average Bonchev–Trinajstić information content (AvgIpc) is 2.76. The zero-order valence-electron chi connectivity index (χ0n) is 11.9. The molecule has 0 aliphatic rings. The number of rotatable bonds is 6. The summed E-state index contributed by atoms with van der Waals surface area (Å²) in [5, 5.41) is 6.27. The summed E-state index contributed by atoms with van der Waals surface area (Å²) >= 11 is 1.52. The standard InChI is InChI=1S/C13H23N3OS/c1-6-13(4,5)14-8-11-9-18-12(15-11)16(7-2)10(3)17/h9,14H,6-8H2,1-5H3. The third-order valence-electron chi connectivity index (χ3n) is 3.10. The zero-order chi connectivity index (χ0) is 13.8. The lowest BCUT2D eigenvalue weighted by molar-refractivity contribution is -0.116. The van der Waals surface area contributed by atoms with Gasteiger partial charge in [0.15, 0.2) is 5.13 Å². The summed E-state index contributed by atoms with van der Waals surface area (Å²) in [6.07, 6.45) is 1.07. The summed E-state index contributed by atoms with van der Waals surface area (Å²) in [5.74, 6) is 0.0419. The first-order valence-electron chi connectivity index (χ1n) is 6.37. The van der Waals surface area contributed by atoms with Gasteiger partial charge in [-0.1, -0.05) is 6.92 Å². The molecule has 1 N–H and O–H groups in total. The average molecular weight is 269 g/mol. The Balaban J connectivity index is 2.66. The van der Waals surface area contributed by atoms with Crippen molar-refractivity contribution in [3.63, 3.8) is 0 Å². The van der Waals surface area contributed by atoms with Crippen molar-refractivity contribution < 1.29 is 4.79 Å². The van der Waals surface area contributed by atoms with E-state index in [0.29, 0.717) is 6.54 Å². The van der Waals surface area contributed by atoms with Gasteiger partial charge in [0.2, 0.25) is 5.91 Å². The van der Waals surface area contributed by atoms with Gasteiger partial charge >= 0.3 is 0 Å². The number of carbonyl (C=O) groups is 1. The summed E-state index contributed by atoms with van der Waals surface area (Å²) in [6, 6.07) is 0. The van der Waals surface area contributed by atoms with Crippen molar-refractivity contribution in [3.8, 4) is 0 Å². The first-order valence-corrected chi connectivity index (χ1v) is 7.25. The molecule has 4 nitrogen and oxygen atoms in total. The number of thiazole rings is 1. The summed E-state index contributed by atoms with van der Waals surface area (Å²) in [6.45, 7) is 11.4. The number of aromatic nitrogens is 1. The van der Waals surface area contributed by atoms with Crippen molar-refractivity contribution in [2.45, 2.75) is 53.1 Å². The molecule has 0 fully saturated rings. The van der Waals surface area contributed by atoms with Crippen molar-refractivity contribution in [2.75, 3.05) is 11.4 Å². The van der Waals surface area contributed by atoms with Gasteiger partial charge in [0.1, 0.15) is 0 Å². The van der Waals surface area contributed by atoms with Crippen LogP contribution in [0.25, 0.3) is 0 Å². The van der Waals surface area contributed by atoms with E-state index in [4.69, 9.17) is 0 Å². The van der Waals surface area contributed by atoms with Crippen LogP contribution in [0.1, 0.15) is 46.7 Å². The van der Waals surface area contributed by atoms with Gasteiger partial charge in [0.25, 0.3) is 0 Å². The number of anilines is 1. The third-order valence-corrected chi connectivity index (χ3v) is 4.01. The second-order valence-corrected chi connectivity index (χ2v) is 5.81. The molecule has 0 atom stereocenters. The molecule has 0 saturated heterocycles. The number of amides is 1. The fourth-order valence-electron chi connectivity index (χ4n) is 1.45. The Kier molecular flexibility index (Phi) is 5.28. The first-order chi connectivity index (χ1) is 8.39. The molecule has 5 heteroatoms. The molecule has 18 heavy (non-hydrogen) atoms. The molecule has 102 valence electrons. The summed E-state index contributed by atoms with van der Waals surface area (Å²) in [4.78, 5) is 17.6. The van der Waals surface area contributed by atoms with Crippen molar-refractivity contribution in [2.24, 2.45) is 0 Å². The van der Waals surface area contributed by atoms with Crippen LogP contribution in [0.3, 0.4) is 0 Å². The lowest BCUT2D eigenvalue weighted by atomic mass is 10.0. The Morgan fingerprint density at radius 1 is 1.50 bits per heavy atom. The number of hydrogen-bond donors (Lipinski definition) is 1. The van der Waals surface area contributed by atoms with Gasteiger partial charge < -0.3 is 5.32 Å². The van der Waals surface area contributed by atoms with Gasteiger partial charge in [0, 0.05) is 30.9 Å². The number of carbonyl (C=O) groups excluding carboxylic acids is 1. The van der Waals surface area contributed by atoms with E-state index in [1.807, 2.05) is 12.3 Å². The van der Waals surface area contributed by atoms with E-state index in [-0.39, 0.29) is 11.4 Å². The monoisotopic (exact) mass is 269 g/mol. The minimum Gasteiger partial charge on any atom is -0.306 e. The molecular formula is C13H23N3OS. The highest BCUT2D eigenvalue weighted by atomic mass is 32.1. The Morgan fingerprint density at radius 2 is 2.17 bits per heavy atom. The first kappa shape index (κ1) is 15.1. The molecular weight excluding hydrogens is 246 g/mol. The highest BCUT2D eigenvalue weighted by Gasteiger charge is 2.16. The Hall–Kier alpha value is -0.940. The molecule has 0 radical (unpaired) electrons. The van der Waals surface area contributed by atoms with E-state index < -0.39 is 0 Å². The van der Waals surface area contributed by atoms with Gasteiger partial charge in [-0.3, -0.25) is 9.69 Å². The van der Waals surface area contributed by atoms with Crippen molar-refractivity contribution >= 4 is 22.4 Å². The Bertz CT molecular complexity index is 401. The Labute approximate surface area is 113 Å². The maximum atomic E-state index is 11.4. The number of nitrogens with one attached hydrogen (secondary N) is 1. The molecule has 1 amide bonds. The molecule has 0 bridgehead atoms. The molecule has 1 aromatic heterocycles. The van der Waals surface area contributed by atoms with Crippen LogP contribution in [0.15, 0.2) is 5.38 Å². The van der Waals surface area contributed by atoms with E-state index >= 15 is 0 Å². The lowest BCUT2D eigenvalue weighted by Gasteiger charge is -2.23. The zero-order valence-corrected chi connectivity index (χ0v) is 12.7. The van der Waals surface area contributed by atoms with Crippen molar-refractivity contribution in [1.82, 2.24) is 10.3 Å². The molecule has 0 spiro atoms. The fourth-order valence-corrected chi connectivity index (χ4v) is 2.38. The van der Waals surface area contributed by atoms with Crippen LogP contribution >= 0.6 is 11.3 Å². The van der Waals surface area contributed by atoms with Crippen LogP contribution in [-0.2, 0) is 11.3 Å². The molecule has 1 aromatic rings. The number of nitrogens with zero attached hydrogens (tertiary/aromatic N) is 2. The minimum absolute atomic E-state index is 0.0419. The molecule has 0 saturated carbocycles. The molecule has 1 heterocycles. The second kappa shape index (κ2) is 6.29. The fraction of sp³-hybridized carbons (Fsp3) is 0.692. The van der Waals surface area contributed by atoms with Gasteiger partial charge in [-0.05, 0) is 27.2 Å². The predicted octanol–water partition coefficient (Wildman–Crippen LogP) is 2.79. The van der Waals surface area contributed by atoms with Crippen LogP contribution in [0.5, 0.6) is 0 Å². The normalized spacial score (nSPS) is 11.6. The third kappa shape index (κ3) is 4.07. The van der Waals surface area contributed by atoms with Crippen LogP contribution in [-0.4, -0.2) is 23.0 Å². The Morgan fingerprint density at radius 3 is 2.67 bits per heavy atom. The van der Waals surface area contributed by atoms with Gasteiger partial charge in [-0.2, -0.15) is 0 Å². The summed E-state index contributed by atoms with van der Waals surface area (Å²) in [7, 11) is 0. The topological polar surface area (TPSA) is 45.2 Å².